The molecular weight excluding hydrogens is 228 g/mol. The fourth-order valence-electron chi connectivity index (χ4n) is 1.39. The minimum atomic E-state index is -0.0382. The minimum Gasteiger partial charge on any atom is -0.355 e. The van der Waals surface area contributed by atoms with E-state index in [1.54, 1.807) is 0 Å². The maximum atomic E-state index is 11.4. The van der Waals surface area contributed by atoms with Gasteiger partial charge in [-0.2, -0.15) is 5.48 Å². The van der Waals surface area contributed by atoms with Crippen molar-refractivity contribution in [1.29, 1.82) is 0 Å². The van der Waals surface area contributed by atoms with Gasteiger partial charge in [-0.3, -0.25) is 9.63 Å². The van der Waals surface area contributed by atoms with E-state index in [0.717, 1.165) is 18.5 Å². The van der Waals surface area contributed by atoms with E-state index in [-0.39, 0.29) is 12.5 Å². The van der Waals surface area contributed by atoms with Gasteiger partial charge in [0.2, 0.25) is 5.91 Å². The second-order valence-corrected chi connectivity index (χ2v) is 4.63. The van der Waals surface area contributed by atoms with Crippen molar-refractivity contribution >= 4 is 5.91 Å². The van der Waals surface area contributed by atoms with Gasteiger partial charge >= 0.3 is 0 Å². The van der Waals surface area contributed by atoms with Crippen LogP contribution in [-0.4, -0.2) is 19.0 Å². The lowest BCUT2D eigenvalue weighted by Crippen LogP contribution is -2.34. The van der Waals surface area contributed by atoms with E-state index in [1.165, 1.54) is 0 Å². The third kappa shape index (κ3) is 7.04. The molecule has 0 fully saturated rings. The topological polar surface area (TPSA) is 50.4 Å². The van der Waals surface area contributed by atoms with E-state index >= 15 is 0 Å². The van der Waals surface area contributed by atoms with Gasteiger partial charge < -0.3 is 5.32 Å². The van der Waals surface area contributed by atoms with E-state index in [4.69, 9.17) is 4.84 Å². The van der Waals surface area contributed by atoms with Crippen LogP contribution in [0.3, 0.4) is 0 Å². The molecule has 0 aliphatic rings. The van der Waals surface area contributed by atoms with Gasteiger partial charge in [-0.05, 0) is 17.9 Å². The van der Waals surface area contributed by atoms with Crippen molar-refractivity contribution in [2.45, 2.75) is 26.9 Å². The van der Waals surface area contributed by atoms with Gasteiger partial charge in [0, 0.05) is 6.54 Å². The van der Waals surface area contributed by atoms with Crippen LogP contribution in [0.4, 0.5) is 0 Å². The third-order valence-corrected chi connectivity index (χ3v) is 2.46. The Kier molecular flexibility index (Phi) is 7.06. The first kappa shape index (κ1) is 14.7. The van der Waals surface area contributed by atoms with Crippen LogP contribution in [0.25, 0.3) is 0 Å². The summed E-state index contributed by atoms with van der Waals surface area (Å²) in [5.74, 6) is 0.566. The molecule has 0 spiro atoms. The predicted octanol–water partition coefficient (Wildman–Crippen LogP) is 1.87. The average molecular weight is 250 g/mol. The molecule has 100 valence electrons. The first-order chi connectivity index (χ1) is 8.68. The molecule has 0 unspecified atom stereocenters. The summed E-state index contributed by atoms with van der Waals surface area (Å²) in [4.78, 5) is 16.6. The minimum absolute atomic E-state index is 0.0382. The number of hydroxylamine groups is 1. The number of carbonyl (C=O) groups excluding carboxylic acids is 1. The van der Waals surface area contributed by atoms with Crippen molar-refractivity contribution in [2.24, 2.45) is 5.92 Å². The van der Waals surface area contributed by atoms with Crippen LogP contribution in [0.1, 0.15) is 25.8 Å². The molecule has 0 aliphatic carbocycles. The second kappa shape index (κ2) is 8.66. The normalized spacial score (nSPS) is 10.6. The lowest BCUT2D eigenvalue weighted by Gasteiger charge is -2.08. The fraction of sp³-hybridized carbons (Fsp3) is 0.500. The quantitative estimate of drug-likeness (QED) is 0.547. The second-order valence-electron chi connectivity index (χ2n) is 4.63. The van der Waals surface area contributed by atoms with E-state index in [1.807, 2.05) is 30.3 Å². The van der Waals surface area contributed by atoms with Gasteiger partial charge in [-0.25, -0.2) is 0 Å². The third-order valence-electron chi connectivity index (χ3n) is 2.46. The summed E-state index contributed by atoms with van der Waals surface area (Å²) in [6, 6.07) is 9.82. The van der Waals surface area contributed by atoms with Crippen molar-refractivity contribution in [3.63, 3.8) is 0 Å². The van der Waals surface area contributed by atoms with Crippen LogP contribution in [0, 0.1) is 5.92 Å². The van der Waals surface area contributed by atoms with Crippen molar-refractivity contribution in [3.05, 3.63) is 35.9 Å². The summed E-state index contributed by atoms with van der Waals surface area (Å²) in [7, 11) is 0. The number of benzene rings is 1. The highest BCUT2D eigenvalue weighted by Gasteiger charge is 2.01. The number of nitrogens with one attached hydrogen (secondary N) is 2. The zero-order chi connectivity index (χ0) is 13.2. The van der Waals surface area contributed by atoms with Crippen molar-refractivity contribution in [1.82, 2.24) is 10.8 Å². The van der Waals surface area contributed by atoms with Gasteiger partial charge in [0.05, 0.1) is 13.2 Å². The highest BCUT2D eigenvalue weighted by Crippen LogP contribution is 1.98. The predicted molar refractivity (Wildman–Crippen MR) is 71.7 cm³/mol. The Bertz CT molecular complexity index is 339. The summed E-state index contributed by atoms with van der Waals surface area (Å²) in [6.45, 7) is 5.63. The molecule has 0 aliphatic heterocycles. The molecule has 2 N–H and O–H groups in total. The Morgan fingerprint density at radius 2 is 2.00 bits per heavy atom. The Morgan fingerprint density at radius 3 is 2.67 bits per heavy atom. The number of rotatable bonds is 8. The van der Waals surface area contributed by atoms with Crippen molar-refractivity contribution < 1.29 is 9.63 Å². The van der Waals surface area contributed by atoms with Gasteiger partial charge in [0.15, 0.2) is 0 Å². The van der Waals surface area contributed by atoms with Gasteiger partial charge in [-0.1, -0.05) is 44.2 Å². The Labute approximate surface area is 109 Å². The van der Waals surface area contributed by atoms with Crippen LogP contribution >= 0.6 is 0 Å². The van der Waals surface area contributed by atoms with Gasteiger partial charge in [-0.15, -0.1) is 0 Å². The zero-order valence-corrected chi connectivity index (χ0v) is 11.1. The first-order valence-electron chi connectivity index (χ1n) is 6.33. The van der Waals surface area contributed by atoms with Crippen LogP contribution in [0.15, 0.2) is 30.3 Å². The largest absolute Gasteiger partial charge is 0.355 e. The smallest absolute Gasteiger partial charge is 0.236 e. The molecule has 1 aromatic rings. The van der Waals surface area contributed by atoms with Crippen molar-refractivity contribution in [3.8, 4) is 0 Å². The van der Waals surface area contributed by atoms with Crippen LogP contribution in [0.5, 0.6) is 0 Å². The molecule has 0 saturated carbocycles. The summed E-state index contributed by atoms with van der Waals surface area (Å²) in [6.07, 6.45) is 0.997. The van der Waals surface area contributed by atoms with E-state index in [2.05, 4.69) is 24.6 Å². The van der Waals surface area contributed by atoms with Crippen molar-refractivity contribution in [2.75, 3.05) is 13.1 Å². The van der Waals surface area contributed by atoms with Crippen LogP contribution in [-0.2, 0) is 16.2 Å². The van der Waals surface area contributed by atoms with Crippen LogP contribution < -0.4 is 10.8 Å². The molecule has 0 bridgehead atoms. The number of carbonyl (C=O) groups is 1. The number of amides is 1. The van der Waals surface area contributed by atoms with E-state index < -0.39 is 0 Å². The summed E-state index contributed by atoms with van der Waals surface area (Å²) in [5, 5.41) is 2.83. The Hall–Kier alpha value is -1.39. The first-order valence-corrected chi connectivity index (χ1v) is 6.33. The molecule has 0 saturated heterocycles. The average Bonchev–Trinajstić information content (AvgIpc) is 2.35. The highest BCUT2D eigenvalue weighted by molar-refractivity contribution is 5.77. The molecule has 0 atom stereocenters. The van der Waals surface area contributed by atoms with E-state index in [0.29, 0.717) is 12.5 Å². The Balaban J connectivity index is 2.02. The Morgan fingerprint density at radius 1 is 1.28 bits per heavy atom. The standard InChI is InChI=1S/C14H22N2O2/c1-12(2)8-9-15-14(17)10-16-18-11-13-6-4-3-5-7-13/h3-7,12,16H,8-11H2,1-2H3,(H,15,17). The van der Waals surface area contributed by atoms with Gasteiger partial charge in [0.1, 0.15) is 0 Å². The molecule has 0 aromatic heterocycles. The molecule has 18 heavy (non-hydrogen) atoms. The molecule has 1 aromatic carbocycles. The maximum absolute atomic E-state index is 11.4. The maximum Gasteiger partial charge on any atom is 0.236 e. The molecule has 4 heteroatoms. The molecular formula is C14H22N2O2. The molecule has 0 radical (unpaired) electrons. The molecule has 4 nitrogen and oxygen atoms in total. The fourth-order valence-corrected chi connectivity index (χ4v) is 1.39. The lowest BCUT2D eigenvalue weighted by molar-refractivity contribution is -0.123. The number of hydrogen-bond acceptors (Lipinski definition) is 3. The SMILES string of the molecule is CC(C)CCNC(=O)CNOCc1ccccc1. The zero-order valence-electron chi connectivity index (χ0n) is 11.1. The highest BCUT2D eigenvalue weighted by atomic mass is 16.6. The molecule has 1 amide bonds. The summed E-state index contributed by atoms with van der Waals surface area (Å²) in [5.41, 5.74) is 3.73. The summed E-state index contributed by atoms with van der Waals surface area (Å²) >= 11 is 0. The van der Waals surface area contributed by atoms with Crippen LogP contribution in [0.2, 0.25) is 0 Å². The molecule has 0 heterocycles. The van der Waals surface area contributed by atoms with Gasteiger partial charge in [0.25, 0.3) is 0 Å². The number of hydrogen-bond donors (Lipinski definition) is 2. The summed E-state index contributed by atoms with van der Waals surface area (Å²) < 4.78 is 0. The van der Waals surface area contributed by atoms with E-state index in [9.17, 15) is 4.79 Å². The monoisotopic (exact) mass is 250 g/mol. The lowest BCUT2D eigenvalue weighted by atomic mass is 10.1. The molecule has 1 rings (SSSR count).